The van der Waals surface area contributed by atoms with Gasteiger partial charge in [0.05, 0.1) is 46.2 Å². The molecule has 1 saturated heterocycles. The lowest BCUT2D eigenvalue weighted by Gasteiger charge is -2.16. The molecule has 2 rings (SSSR count). The highest BCUT2D eigenvalue weighted by Gasteiger charge is 2.16. The van der Waals surface area contributed by atoms with Gasteiger partial charge in [-0.05, 0) is 25.0 Å². The molecule has 1 heterocycles. The minimum atomic E-state index is -0.642. The average molecular weight is 355 g/mol. The number of rotatable bonds is 7. The first-order chi connectivity index (χ1) is 10.1. The molecular formula is C14H18Cl3NO3. The Bertz CT molecular complexity index is 467. The molecular weight excluding hydrogens is 337 g/mol. The Hall–Kier alpha value is -0.230. The largest absolute Gasteiger partial charge is 0.389 e. The SMILES string of the molecule is OC(CNc1cc(Cl)c(Cl)cc1Cl)COCC1CCCO1. The van der Waals surface area contributed by atoms with Gasteiger partial charge in [-0.1, -0.05) is 34.8 Å². The number of aliphatic hydroxyl groups is 1. The van der Waals surface area contributed by atoms with Gasteiger partial charge in [-0.3, -0.25) is 0 Å². The van der Waals surface area contributed by atoms with Gasteiger partial charge < -0.3 is 19.9 Å². The minimum absolute atomic E-state index is 0.162. The van der Waals surface area contributed by atoms with E-state index >= 15 is 0 Å². The van der Waals surface area contributed by atoms with E-state index in [1.54, 1.807) is 12.1 Å². The first kappa shape index (κ1) is 17.1. The van der Waals surface area contributed by atoms with Crippen LogP contribution < -0.4 is 5.32 Å². The summed E-state index contributed by atoms with van der Waals surface area (Å²) in [6, 6.07) is 3.19. The van der Waals surface area contributed by atoms with Crippen molar-refractivity contribution in [1.29, 1.82) is 0 Å². The molecule has 1 aliphatic heterocycles. The van der Waals surface area contributed by atoms with Crippen molar-refractivity contribution in [2.24, 2.45) is 0 Å². The first-order valence-electron chi connectivity index (χ1n) is 6.82. The third-order valence-corrected chi connectivity index (χ3v) is 4.21. The molecule has 7 heteroatoms. The molecule has 1 aliphatic rings. The second-order valence-corrected chi connectivity index (χ2v) is 6.17. The second kappa shape index (κ2) is 8.42. The van der Waals surface area contributed by atoms with Crippen LogP contribution in [0, 0.1) is 0 Å². The van der Waals surface area contributed by atoms with Crippen molar-refractivity contribution >= 4 is 40.5 Å². The van der Waals surface area contributed by atoms with E-state index in [0.29, 0.717) is 33.9 Å². The van der Waals surface area contributed by atoms with Crippen molar-refractivity contribution in [2.45, 2.75) is 25.0 Å². The van der Waals surface area contributed by atoms with E-state index in [-0.39, 0.29) is 12.7 Å². The first-order valence-corrected chi connectivity index (χ1v) is 7.95. The summed E-state index contributed by atoms with van der Waals surface area (Å²) >= 11 is 17.8. The molecule has 118 valence electrons. The standard InChI is InChI=1S/C14H18Cl3NO3/c15-11-4-13(17)14(5-12(11)16)18-6-9(19)7-20-8-10-2-1-3-21-10/h4-5,9-10,18-19H,1-3,6-8H2. The fraction of sp³-hybridized carbons (Fsp3) is 0.571. The van der Waals surface area contributed by atoms with Crippen LogP contribution in [0.25, 0.3) is 0 Å². The Kier molecular flexibility index (Phi) is 6.86. The highest BCUT2D eigenvalue weighted by Crippen LogP contribution is 2.32. The Morgan fingerprint density at radius 1 is 1.29 bits per heavy atom. The lowest BCUT2D eigenvalue weighted by Crippen LogP contribution is -2.27. The summed E-state index contributed by atoms with van der Waals surface area (Å²) in [7, 11) is 0. The molecule has 0 amide bonds. The summed E-state index contributed by atoms with van der Waals surface area (Å²) in [5.74, 6) is 0. The molecule has 0 radical (unpaired) electrons. The van der Waals surface area contributed by atoms with Crippen molar-refractivity contribution in [3.05, 3.63) is 27.2 Å². The van der Waals surface area contributed by atoms with E-state index in [2.05, 4.69) is 5.32 Å². The Morgan fingerprint density at radius 2 is 2.05 bits per heavy atom. The third-order valence-electron chi connectivity index (χ3n) is 3.18. The molecule has 0 spiro atoms. The number of benzene rings is 1. The predicted octanol–water partition coefficient (Wildman–Crippen LogP) is 3.62. The second-order valence-electron chi connectivity index (χ2n) is 4.95. The molecule has 4 nitrogen and oxygen atoms in total. The maximum Gasteiger partial charge on any atom is 0.0945 e. The molecule has 0 aromatic heterocycles. The summed E-state index contributed by atoms with van der Waals surface area (Å²) in [6.07, 6.45) is 1.62. The van der Waals surface area contributed by atoms with Crippen LogP contribution in [0.15, 0.2) is 12.1 Å². The molecule has 0 aliphatic carbocycles. The van der Waals surface area contributed by atoms with E-state index in [0.717, 1.165) is 19.4 Å². The highest BCUT2D eigenvalue weighted by molar-refractivity contribution is 6.44. The van der Waals surface area contributed by atoms with Crippen LogP contribution in [0.1, 0.15) is 12.8 Å². The predicted molar refractivity (Wildman–Crippen MR) is 85.8 cm³/mol. The quantitative estimate of drug-likeness (QED) is 0.734. The lowest BCUT2D eigenvalue weighted by molar-refractivity contribution is -0.0137. The zero-order chi connectivity index (χ0) is 15.2. The molecule has 21 heavy (non-hydrogen) atoms. The van der Waals surface area contributed by atoms with Gasteiger partial charge in [0.25, 0.3) is 0 Å². The maximum atomic E-state index is 9.87. The molecule has 2 N–H and O–H groups in total. The smallest absolute Gasteiger partial charge is 0.0945 e. The molecule has 0 saturated carbocycles. The molecule has 1 fully saturated rings. The topological polar surface area (TPSA) is 50.7 Å². The minimum Gasteiger partial charge on any atom is -0.389 e. The number of anilines is 1. The van der Waals surface area contributed by atoms with E-state index in [9.17, 15) is 5.11 Å². The van der Waals surface area contributed by atoms with Crippen LogP contribution in [0.2, 0.25) is 15.1 Å². The monoisotopic (exact) mass is 353 g/mol. The number of halogens is 3. The number of hydrogen-bond donors (Lipinski definition) is 2. The van der Waals surface area contributed by atoms with Crippen molar-refractivity contribution in [1.82, 2.24) is 0 Å². The van der Waals surface area contributed by atoms with E-state index in [4.69, 9.17) is 44.3 Å². The van der Waals surface area contributed by atoms with Crippen molar-refractivity contribution in [3.8, 4) is 0 Å². The van der Waals surface area contributed by atoms with Crippen LogP contribution >= 0.6 is 34.8 Å². The van der Waals surface area contributed by atoms with E-state index in [1.807, 2.05) is 0 Å². The fourth-order valence-corrected chi connectivity index (χ4v) is 2.67. The van der Waals surface area contributed by atoms with Crippen LogP contribution in [0.4, 0.5) is 5.69 Å². The Labute approximate surface area is 139 Å². The maximum absolute atomic E-state index is 9.87. The van der Waals surface area contributed by atoms with E-state index < -0.39 is 6.10 Å². The van der Waals surface area contributed by atoms with Gasteiger partial charge >= 0.3 is 0 Å². The highest BCUT2D eigenvalue weighted by atomic mass is 35.5. The van der Waals surface area contributed by atoms with Crippen molar-refractivity contribution in [3.63, 3.8) is 0 Å². The summed E-state index contributed by atoms with van der Waals surface area (Å²) in [6.45, 7) is 1.87. The normalized spacial score (nSPS) is 19.7. The van der Waals surface area contributed by atoms with Crippen LogP contribution in [0.3, 0.4) is 0 Å². The Balaban J connectivity index is 1.70. The van der Waals surface area contributed by atoms with Gasteiger partial charge in [-0.15, -0.1) is 0 Å². The lowest BCUT2D eigenvalue weighted by atomic mass is 10.2. The van der Waals surface area contributed by atoms with Gasteiger partial charge in [-0.25, -0.2) is 0 Å². The third kappa shape index (κ3) is 5.47. The summed E-state index contributed by atoms with van der Waals surface area (Å²) < 4.78 is 10.9. The van der Waals surface area contributed by atoms with E-state index in [1.165, 1.54) is 0 Å². The molecule has 1 aromatic carbocycles. The molecule has 2 unspecified atom stereocenters. The van der Waals surface area contributed by atoms with Crippen LogP contribution in [0.5, 0.6) is 0 Å². The molecule has 0 bridgehead atoms. The van der Waals surface area contributed by atoms with Gasteiger partial charge in [0.15, 0.2) is 0 Å². The zero-order valence-corrected chi connectivity index (χ0v) is 13.7. The van der Waals surface area contributed by atoms with Gasteiger partial charge in [0, 0.05) is 13.2 Å². The van der Waals surface area contributed by atoms with Gasteiger partial charge in [0.2, 0.25) is 0 Å². The molecule has 1 aromatic rings. The summed E-state index contributed by atoms with van der Waals surface area (Å²) in [5, 5.41) is 14.2. The van der Waals surface area contributed by atoms with Gasteiger partial charge in [-0.2, -0.15) is 0 Å². The van der Waals surface area contributed by atoms with Crippen molar-refractivity contribution < 1.29 is 14.6 Å². The Morgan fingerprint density at radius 3 is 2.76 bits per heavy atom. The van der Waals surface area contributed by atoms with Crippen molar-refractivity contribution in [2.75, 3.05) is 31.7 Å². The van der Waals surface area contributed by atoms with Gasteiger partial charge in [0.1, 0.15) is 0 Å². The summed E-state index contributed by atoms with van der Waals surface area (Å²) in [5.41, 5.74) is 0.629. The molecule has 2 atom stereocenters. The number of ether oxygens (including phenoxy) is 2. The summed E-state index contributed by atoms with van der Waals surface area (Å²) in [4.78, 5) is 0. The van der Waals surface area contributed by atoms with Crippen LogP contribution in [-0.2, 0) is 9.47 Å². The number of aliphatic hydroxyl groups excluding tert-OH is 1. The number of hydrogen-bond acceptors (Lipinski definition) is 4. The zero-order valence-electron chi connectivity index (χ0n) is 11.4. The number of nitrogens with one attached hydrogen (secondary N) is 1. The fourth-order valence-electron chi connectivity index (χ4n) is 2.06. The van der Waals surface area contributed by atoms with Crippen LogP contribution in [-0.4, -0.2) is 43.7 Å². The average Bonchev–Trinajstić information content (AvgIpc) is 2.94.